The Kier molecular flexibility index (Phi) is 6.13. The van der Waals surface area contributed by atoms with Crippen molar-refractivity contribution in [3.05, 3.63) is 95.7 Å². The summed E-state index contributed by atoms with van der Waals surface area (Å²) in [6.45, 7) is 4.78. The Hall–Kier alpha value is -4.49. The molecule has 0 fully saturated rings. The van der Waals surface area contributed by atoms with Crippen LogP contribution in [0.25, 0.3) is 39.1 Å². The number of nitrogen functional groups attached to an aromatic ring is 2. The second kappa shape index (κ2) is 9.76. The van der Waals surface area contributed by atoms with Gasteiger partial charge in [0.25, 0.3) is 0 Å². The number of benzene rings is 3. The van der Waals surface area contributed by atoms with Crippen molar-refractivity contribution in [2.45, 2.75) is 19.9 Å². The minimum atomic E-state index is 0.681. The van der Waals surface area contributed by atoms with Crippen molar-refractivity contribution in [1.82, 2.24) is 24.6 Å². The van der Waals surface area contributed by atoms with Gasteiger partial charge in [-0.3, -0.25) is 9.58 Å². The van der Waals surface area contributed by atoms with Crippen molar-refractivity contribution in [3.63, 3.8) is 0 Å². The van der Waals surface area contributed by atoms with Crippen molar-refractivity contribution in [1.29, 1.82) is 0 Å². The van der Waals surface area contributed by atoms with Crippen LogP contribution < -0.4 is 11.5 Å². The third kappa shape index (κ3) is 4.53. The van der Waals surface area contributed by atoms with E-state index < -0.39 is 0 Å². The molecule has 0 radical (unpaired) electrons. The molecule has 7 nitrogen and oxygen atoms in total. The first-order chi connectivity index (χ1) is 18.5. The normalized spacial score (nSPS) is 14.1. The third-order valence-corrected chi connectivity index (χ3v) is 7.25. The Morgan fingerprint density at radius 1 is 0.842 bits per heavy atom. The molecular formula is C31H31N7. The molecule has 0 amide bonds. The predicted octanol–water partition coefficient (Wildman–Crippen LogP) is 5.46. The molecule has 3 aromatic carbocycles. The molecule has 0 unspecified atom stereocenters. The van der Waals surface area contributed by atoms with Crippen LogP contribution in [0.5, 0.6) is 0 Å². The van der Waals surface area contributed by atoms with Crippen LogP contribution in [0.1, 0.15) is 23.2 Å². The Bertz CT molecular complexity index is 1650. The van der Waals surface area contributed by atoms with Gasteiger partial charge >= 0.3 is 0 Å². The summed E-state index contributed by atoms with van der Waals surface area (Å²) in [6.07, 6.45) is 3.26. The summed E-state index contributed by atoms with van der Waals surface area (Å²) in [5.41, 5.74) is 23.1. The summed E-state index contributed by atoms with van der Waals surface area (Å²) >= 11 is 0. The lowest BCUT2D eigenvalue weighted by atomic mass is 9.98. The lowest BCUT2D eigenvalue weighted by Gasteiger charge is -2.26. The molecule has 0 spiro atoms. The average Bonchev–Trinajstić information content (AvgIpc) is 3.20. The second-order valence-corrected chi connectivity index (χ2v) is 9.92. The van der Waals surface area contributed by atoms with Crippen LogP contribution in [-0.2, 0) is 13.6 Å². The zero-order valence-electron chi connectivity index (χ0n) is 21.7. The van der Waals surface area contributed by atoms with Gasteiger partial charge in [0.1, 0.15) is 5.82 Å². The van der Waals surface area contributed by atoms with Gasteiger partial charge in [0, 0.05) is 49.1 Å². The monoisotopic (exact) mass is 501 g/mol. The van der Waals surface area contributed by atoms with Gasteiger partial charge in [-0.15, -0.1) is 0 Å². The molecule has 0 atom stereocenters. The minimum absolute atomic E-state index is 0.681. The first-order valence-electron chi connectivity index (χ1n) is 12.9. The Labute approximate surface area is 222 Å². The number of nitrogens with two attached hydrogens (primary N) is 2. The molecule has 0 saturated heterocycles. The summed E-state index contributed by atoms with van der Waals surface area (Å²) in [7, 11) is 1.90. The topological polar surface area (TPSA) is 98.9 Å². The molecule has 1 aliphatic heterocycles. The van der Waals surface area contributed by atoms with Gasteiger partial charge in [0.15, 0.2) is 0 Å². The summed E-state index contributed by atoms with van der Waals surface area (Å²) in [5.74, 6) is 0.743. The number of aromatic nitrogens is 4. The average molecular weight is 502 g/mol. The smallest absolute Gasteiger partial charge is 0.129 e. The summed E-state index contributed by atoms with van der Waals surface area (Å²) in [5, 5.41) is 4.47. The highest BCUT2D eigenvalue weighted by Gasteiger charge is 2.20. The second-order valence-electron chi connectivity index (χ2n) is 9.92. The molecule has 6 rings (SSSR count). The lowest BCUT2D eigenvalue weighted by Crippen LogP contribution is -2.28. The lowest BCUT2D eigenvalue weighted by molar-refractivity contribution is 0.294. The summed E-state index contributed by atoms with van der Waals surface area (Å²) < 4.78 is 1.76. The first kappa shape index (κ1) is 23.9. The summed E-state index contributed by atoms with van der Waals surface area (Å²) in [6, 6.07) is 24.6. The van der Waals surface area contributed by atoms with Gasteiger partial charge < -0.3 is 11.5 Å². The maximum absolute atomic E-state index is 6.27. The molecule has 4 N–H and O–H groups in total. The molecule has 0 aliphatic carbocycles. The zero-order chi connectivity index (χ0) is 26.2. The van der Waals surface area contributed by atoms with Crippen LogP contribution in [0.2, 0.25) is 0 Å². The fraction of sp³-hybridized carbons (Fsp3) is 0.194. The fourth-order valence-electron chi connectivity index (χ4n) is 5.25. The van der Waals surface area contributed by atoms with Crippen LogP contribution >= 0.6 is 0 Å². The van der Waals surface area contributed by atoms with E-state index in [1.54, 1.807) is 4.68 Å². The Balaban J connectivity index is 1.25. The number of anilines is 2. The molecule has 190 valence electrons. The SMILES string of the molecule is Cc1nn(C)c(N)c1C1=CCN(Cc2ccc(-c3nc4cc(N)ccc4nc3-c3ccccc3)cc2)CC1. The van der Waals surface area contributed by atoms with E-state index in [2.05, 4.69) is 52.5 Å². The molecule has 5 aromatic rings. The van der Waals surface area contributed by atoms with E-state index >= 15 is 0 Å². The van der Waals surface area contributed by atoms with Crippen LogP contribution in [0.15, 0.2) is 78.9 Å². The maximum Gasteiger partial charge on any atom is 0.129 e. The van der Waals surface area contributed by atoms with Gasteiger partial charge in [0.2, 0.25) is 0 Å². The molecule has 3 heterocycles. The van der Waals surface area contributed by atoms with Crippen LogP contribution in [0.3, 0.4) is 0 Å². The molecule has 1 aliphatic rings. The highest BCUT2D eigenvalue weighted by atomic mass is 15.3. The minimum Gasteiger partial charge on any atom is -0.399 e. The number of fused-ring (bicyclic) bond motifs is 1. The molecule has 2 aromatic heterocycles. The van der Waals surface area contributed by atoms with Crippen molar-refractivity contribution in [2.24, 2.45) is 7.05 Å². The van der Waals surface area contributed by atoms with E-state index in [1.165, 1.54) is 11.1 Å². The van der Waals surface area contributed by atoms with Crippen molar-refractivity contribution >= 4 is 28.1 Å². The van der Waals surface area contributed by atoms with Gasteiger partial charge in [-0.05, 0) is 42.7 Å². The van der Waals surface area contributed by atoms with Gasteiger partial charge in [-0.2, -0.15) is 5.10 Å². The molecule has 7 heteroatoms. The molecule has 0 bridgehead atoms. The Morgan fingerprint density at radius 3 is 2.21 bits per heavy atom. The van der Waals surface area contributed by atoms with Crippen molar-refractivity contribution in [2.75, 3.05) is 24.6 Å². The van der Waals surface area contributed by atoms with Crippen molar-refractivity contribution < 1.29 is 0 Å². The standard InChI is InChI=1S/C31H31N7/c1-20-28(31(33)37(2)36-20)22-14-16-38(17-15-22)19-21-8-10-24(11-9-21)30-29(23-6-4-3-5-7-23)34-26-13-12-25(32)18-27(26)35-30/h3-14,18H,15-17,19,32-33H2,1-2H3. The number of aryl methyl sites for hydroxylation is 2. The van der Waals surface area contributed by atoms with Crippen LogP contribution in [-0.4, -0.2) is 37.7 Å². The third-order valence-electron chi connectivity index (χ3n) is 7.25. The molecule has 38 heavy (non-hydrogen) atoms. The largest absolute Gasteiger partial charge is 0.399 e. The van der Waals surface area contributed by atoms with Crippen LogP contribution in [0, 0.1) is 6.92 Å². The molecule has 0 saturated carbocycles. The Morgan fingerprint density at radius 2 is 1.55 bits per heavy atom. The predicted molar refractivity (Wildman–Crippen MR) is 155 cm³/mol. The van der Waals surface area contributed by atoms with Crippen molar-refractivity contribution in [3.8, 4) is 22.5 Å². The number of nitrogens with zero attached hydrogens (tertiary/aromatic N) is 5. The van der Waals surface area contributed by atoms with Crippen LogP contribution in [0.4, 0.5) is 11.5 Å². The van der Waals surface area contributed by atoms with E-state index in [-0.39, 0.29) is 0 Å². The summed E-state index contributed by atoms with van der Waals surface area (Å²) in [4.78, 5) is 12.4. The van der Waals surface area contributed by atoms with Gasteiger partial charge in [-0.1, -0.05) is 60.7 Å². The number of rotatable bonds is 5. The van der Waals surface area contributed by atoms with Gasteiger partial charge in [-0.25, -0.2) is 9.97 Å². The quantitative estimate of drug-likeness (QED) is 0.310. The highest BCUT2D eigenvalue weighted by Crippen LogP contribution is 2.33. The van der Waals surface area contributed by atoms with E-state index in [1.807, 2.05) is 50.4 Å². The fourth-order valence-corrected chi connectivity index (χ4v) is 5.25. The maximum atomic E-state index is 6.27. The highest BCUT2D eigenvalue weighted by molar-refractivity contribution is 5.87. The van der Waals surface area contributed by atoms with E-state index in [0.29, 0.717) is 5.69 Å². The zero-order valence-corrected chi connectivity index (χ0v) is 21.7. The van der Waals surface area contributed by atoms with Gasteiger partial charge in [0.05, 0.1) is 28.1 Å². The number of hydrogen-bond donors (Lipinski definition) is 2. The molecular weight excluding hydrogens is 470 g/mol. The van der Waals surface area contributed by atoms with E-state index in [0.717, 1.165) is 76.7 Å². The van der Waals surface area contributed by atoms with E-state index in [9.17, 15) is 0 Å². The number of hydrogen-bond acceptors (Lipinski definition) is 6. The van der Waals surface area contributed by atoms with E-state index in [4.69, 9.17) is 21.4 Å². The first-order valence-corrected chi connectivity index (χ1v) is 12.9.